The number of rotatable bonds is 5. The van der Waals surface area contributed by atoms with Crippen LogP contribution in [0.4, 0.5) is 9.80 Å². The number of anilines is 1. The second-order valence-corrected chi connectivity index (χ2v) is 7.73. The van der Waals surface area contributed by atoms with Crippen LogP contribution in [0.25, 0.3) is 5.57 Å². The molecule has 1 aromatic carbocycles. The van der Waals surface area contributed by atoms with E-state index in [1.807, 2.05) is 45.0 Å². The van der Waals surface area contributed by atoms with Crippen molar-refractivity contribution < 1.29 is 14.7 Å². The van der Waals surface area contributed by atoms with Gasteiger partial charge in [0.25, 0.3) is 0 Å². The smallest absolute Gasteiger partial charge is 0.338 e. The lowest BCUT2D eigenvalue weighted by atomic mass is 9.92. The SMILES string of the molecule is C=C(C)c1cccc(C(C)(C)NC(=O)Nc2sc(C)cc2C(=O)O)c1. The normalized spacial score (nSPS) is 11.0. The Hall–Kier alpha value is -2.60. The summed E-state index contributed by atoms with van der Waals surface area (Å²) in [6.07, 6.45) is 0. The van der Waals surface area contributed by atoms with Crippen LogP contribution < -0.4 is 10.6 Å². The summed E-state index contributed by atoms with van der Waals surface area (Å²) in [6, 6.07) is 8.91. The van der Waals surface area contributed by atoms with Crippen molar-refractivity contribution in [2.24, 2.45) is 0 Å². The molecule has 0 unspecified atom stereocenters. The third-order valence-electron chi connectivity index (χ3n) is 3.82. The highest BCUT2D eigenvalue weighted by molar-refractivity contribution is 7.16. The van der Waals surface area contributed by atoms with Gasteiger partial charge in [0.2, 0.25) is 0 Å². The van der Waals surface area contributed by atoms with Crippen LogP contribution in [0.3, 0.4) is 0 Å². The van der Waals surface area contributed by atoms with Crippen molar-refractivity contribution in [3.63, 3.8) is 0 Å². The molecule has 3 N–H and O–H groups in total. The molecule has 0 aliphatic carbocycles. The Labute approximate surface area is 151 Å². The van der Waals surface area contributed by atoms with Gasteiger partial charge in [-0.15, -0.1) is 11.3 Å². The number of aryl methyl sites for hydroxylation is 1. The van der Waals surface area contributed by atoms with Gasteiger partial charge in [-0.3, -0.25) is 5.32 Å². The fourth-order valence-electron chi connectivity index (χ4n) is 2.43. The van der Waals surface area contributed by atoms with E-state index in [0.717, 1.165) is 21.6 Å². The third kappa shape index (κ3) is 4.48. The molecule has 0 saturated heterocycles. The number of carbonyl (C=O) groups is 2. The molecule has 0 fully saturated rings. The van der Waals surface area contributed by atoms with Crippen LogP contribution >= 0.6 is 11.3 Å². The summed E-state index contributed by atoms with van der Waals surface area (Å²) in [4.78, 5) is 24.5. The monoisotopic (exact) mass is 358 g/mol. The molecular weight excluding hydrogens is 336 g/mol. The van der Waals surface area contributed by atoms with E-state index in [-0.39, 0.29) is 5.56 Å². The zero-order valence-corrected chi connectivity index (χ0v) is 15.6. The van der Waals surface area contributed by atoms with Gasteiger partial charge in [0.05, 0.1) is 11.1 Å². The first-order valence-electron chi connectivity index (χ1n) is 7.79. The van der Waals surface area contributed by atoms with Gasteiger partial charge in [-0.2, -0.15) is 0 Å². The van der Waals surface area contributed by atoms with Crippen molar-refractivity contribution in [2.45, 2.75) is 33.2 Å². The molecule has 6 heteroatoms. The van der Waals surface area contributed by atoms with E-state index in [4.69, 9.17) is 0 Å². The summed E-state index contributed by atoms with van der Waals surface area (Å²) in [7, 11) is 0. The van der Waals surface area contributed by atoms with Crippen LogP contribution in [-0.4, -0.2) is 17.1 Å². The summed E-state index contributed by atoms with van der Waals surface area (Å²) >= 11 is 1.23. The maximum absolute atomic E-state index is 12.4. The van der Waals surface area contributed by atoms with Crippen molar-refractivity contribution in [3.05, 3.63) is 58.5 Å². The molecule has 0 atom stereocenters. The highest BCUT2D eigenvalue weighted by Gasteiger charge is 2.24. The number of carboxylic acids is 1. The Morgan fingerprint density at radius 1 is 1.24 bits per heavy atom. The van der Waals surface area contributed by atoms with Crippen molar-refractivity contribution in [1.29, 1.82) is 0 Å². The molecule has 132 valence electrons. The average molecular weight is 358 g/mol. The first-order chi connectivity index (χ1) is 11.6. The van der Waals surface area contributed by atoms with Crippen LogP contribution in [-0.2, 0) is 5.54 Å². The van der Waals surface area contributed by atoms with E-state index in [2.05, 4.69) is 17.2 Å². The lowest BCUT2D eigenvalue weighted by molar-refractivity contribution is 0.0698. The molecule has 0 aliphatic heterocycles. The molecule has 2 rings (SSSR count). The quantitative estimate of drug-likeness (QED) is 0.715. The van der Waals surface area contributed by atoms with Gasteiger partial charge in [-0.25, -0.2) is 9.59 Å². The number of hydrogen-bond donors (Lipinski definition) is 3. The van der Waals surface area contributed by atoms with E-state index < -0.39 is 17.5 Å². The molecule has 25 heavy (non-hydrogen) atoms. The Balaban J connectivity index is 2.18. The van der Waals surface area contributed by atoms with Crippen LogP contribution in [0.2, 0.25) is 0 Å². The summed E-state index contributed by atoms with van der Waals surface area (Å²) in [5, 5.41) is 15.1. The number of carbonyl (C=O) groups excluding carboxylic acids is 1. The third-order valence-corrected chi connectivity index (χ3v) is 4.78. The number of benzene rings is 1. The fraction of sp³-hybridized carbons (Fsp3) is 0.263. The lowest BCUT2D eigenvalue weighted by Gasteiger charge is -2.27. The van der Waals surface area contributed by atoms with Crippen LogP contribution in [0.1, 0.15) is 47.1 Å². The predicted molar refractivity (Wildman–Crippen MR) is 102 cm³/mol. The van der Waals surface area contributed by atoms with Gasteiger partial charge in [0, 0.05) is 4.88 Å². The Kier molecular flexibility index (Phi) is 5.33. The summed E-state index contributed by atoms with van der Waals surface area (Å²) in [5.74, 6) is -1.06. The molecule has 0 bridgehead atoms. The van der Waals surface area contributed by atoms with Crippen LogP contribution in [0, 0.1) is 6.92 Å². The highest BCUT2D eigenvalue weighted by Crippen LogP contribution is 2.28. The van der Waals surface area contributed by atoms with Gasteiger partial charge < -0.3 is 10.4 Å². The Bertz CT molecular complexity index is 837. The van der Waals surface area contributed by atoms with Crippen molar-refractivity contribution in [2.75, 3.05) is 5.32 Å². The standard InChI is InChI=1S/C19H22N2O3S/c1-11(2)13-7-6-8-14(10-13)19(4,5)21-18(24)20-16-15(17(22)23)9-12(3)25-16/h6-10H,1H2,2-5H3,(H,22,23)(H2,20,21,24). The number of aromatic carboxylic acids is 1. The number of hydrogen-bond acceptors (Lipinski definition) is 3. The van der Waals surface area contributed by atoms with Gasteiger partial charge >= 0.3 is 12.0 Å². The van der Waals surface area contributed by atoms with E-state index in [9.17, 15) is 14.7 Å². The lowest BCUT2D eigenvalue weighted by Crippen LogP contribution is -2.43. The predicted octanol–water partition coefficient (Wildman–Crippen LogP) is 4.84. The molecule has 2 amide bonds. The molecule has 0 radical (unpaired) electrons. The second kappa shape index (κ2) is 7.11. The molecule has 2 aromatic rings. The Morgan fingerprint density at radius 2 is 1.92 bits per heavy atom. The molecule has 0 saturated carbocycles. The van der Waals surface area contributed by atoms with Crippen molar-refractivity contribution in [3.8, 4) is 0 Å². The molecule has 0 spiro atoms. The number of amides is 2. The number of allylic oxidation sites excluding steroid dienone is 1. The molecule has 1 heterocycles. The van der Waals surface area contributed by atoms with Gasteiger partial charge in [0.1, 0.15) is 5.00 Å². The number of nitrogens with one attached hydrogen (secondary N) is 2. The number of thiophene rings is 1. The van der Waals surface area contributed by atoms with E-state index >= 15 is 0 Å². The zero-order chi connectivity index (χ0) is 18.8. The molecule has 5 nitrogen and oxygen atoms in total. The van der Waals surface area contributed by atoms with Gasteiger partial charge in [0.15, 0.2) is 0 Å². The number of carboxylic acid groups (broad SMARTS) is 1. The average Bonchev–Trinajstić information content (AvgIpc) is 2.87. The first-order valence-corrected chi connectivity index (χ1v) is 8.61. The number of urea groups is 1. The largest absolute Gasteiger partial charge is 0.478 e. The minimum absolute atomic E-state index is 0.0970. The van der Waals surface area contributed by atoms with Crippen LogP contribution in [0.5, 0.6) is 0 Å². The first kappa shape index (κ1) is 18.7. The van der Waals surface area contributed by atoms with E-state index in [1.165, 1.54) is 11.3 Å². The molecule has 0 aliphatic rings. The topological polar surface area (TPSA) is 78.4 Å². The minimum atomic E-state index is -1.06. The van der Waals surface area contributed by atoms with Gasteiger partial charge in [-0.05, 0) is 51.0 Å². The van der Waals surface area contributed by atoms with Gasteiger partial charge in [-0.1, -0.05) is 30.4 Å². The van der Waals surface area contributed by atoms with Crippen LogP contribution in [0.15, 0.2) is 36.9 Å². The summed E-state index contributed by atoms with van der Waals surface area (Å²) < 4.78 is 0. The van der Waals surface area contributed by atoms with Crippen molar-refractivity contribution in [1.82, 2.24) is 5.32 Å². The Morgan fingerprint density at radius 3 is 2.52 bits per heavy atom. The highest BCUT2D eigenvalue weighted by atomic mass is 32.1. The molecule has 1 aromatic heterocycles. The zero-order valence-electron chi connectivity index (χ0n) is 14.8. The maximum atomic E-state index is 12.4. The summed E-state index contributed by atoms with van der Waals surface area (Å²) in [5.41, 5.74) is 2.35. The second-order valence-electron chi connectivity index (χ2n) is 6.47. The fourth-order valence-corrected chi connectivity index (χ4v) is 3.33. The van der Waals surface area contributed by atoms with E-state index in [1.54, 1.807) is 13.0 Å². The van der Waals surface area contributed by atoms with Crippen molar-refractivity contribution >= 4 is 33.9 Å². The summed E-state index contributed by atoms with van der Waals surface area (Å²) in [6.45, 7) is 11.4. The molecular formula is C19H22N2O3S. The maximum Gasteiger partial charge on any atom is 0.338 e. The van der Waals surface area contributed by atoms with E-state index in [0.29, 0.717) is 5.00 Å². The minimum Gasteiger partial charge on any atom is -0.478 e.